The van der Waals surface area contributed by atoms with Crippen molar-refractivity contribution >= 4 is 23.3 Å². The number of carboxylic acid groups (broad SMARTS) is 1. The molecule has 3 N–H and O–H groups in total. The lowest BCUT2D eigenvalue weighted by Gasteiger charge is -2.18. The lowest BCUT2D eigenvalue weighted by Crippen LogP contribution is -2.43. The largest absolute Gasteiger partial charge is 0.481 e. The molecule has 134 valence electrons. The average molecular weight is 361 g/mol. The van der Waals surface area contributed by atoms with Crippen LogP contribution in [0.4, 0.5) is 4.79 Å². The van der Waals surface area contributed by atoms with Gasteiger partial charge in [-0.25, -0.2) is 9.78 Å². The average Bonchev–Trinajstić information content (AvgIpc) is 3.07. The van der Waals surface area contributed by atoms with Gasteiger partial charge in [0.05, 0.1) is 6.54 Å². The van der Waals surface area contributed by atoms with Crippen LogP contribution in [0.1, 0.15) is 35.2 Å². The predicted octanol–water partition coefficient (Wildman–Crippen LogP) is 2.98. The highest BCUT2D eigenvalue weighted by atomic mass is 32.1. The van der Waals surface area contributed by atoms with Crippen molar-refractivity contribution in [1.29, 1.82) is 0 Å². The van der Waals surface area contributed by atoms with Crippen LogP contribution in [0.25, 0.3) is 0 Å². The molecule has 6 nitrogen and oxygen atoms in total. The number of nitrogens with zero attached hydrogens (tertiary/aromatic N) is 1. The molecule has 0 radical (unpaired) electrons. The number of hydrogen-bond acceptors (Lipinski definition) is 4. The number of aliphatic carboxylic acids is 1. The summed E-state index contributed by atoms with van der Waals surface area (Å²) >= 11 is 1.58. The Morgan fingerprint density at radius 2 is 2.04 bits per heavy atom. The summed E-state index contributed by atoms with van der Waals surface area (Å²) in [6.45, 7) is 2.43. The molecule has 0 bridgehead atoms. The van der Waals surface area contributed by atoms with E-state index in [2.05, 4.69) is 22.5 Å². The molecule has 2 amide bonds. The summed E-state index contributed by atoms with van der Waals surface area (Å²) in [4.78, 5) is 28.4. The first-order chi connectivity index (χ1) is 12.1. The Bertz CT molecular complexity index is 688. The van der Waals surface area contributed by atoms with Crippen molar-refractivity contribution in [2.24, 2.45) is 0 Å². The number of rotatable bonds is 9. The van der Waals surface area contributed by atoms with Crippen molar-refractivity contribution in [3.63, 3.8) is 0 Å². The van der Waals surface area contributed by atoms with Crippen LogP contribution in [0.5, 0.6) is 0 Å². The zero-order valence-corrected chi connectivity index (χ0v) is 15.0. The lowest BCUT2D eigenvalue weighted by molar-refractivity contribution is -0.137. The number of carbonyl (C=O) groups is 2. The number of urea groups is 1. The van der Waals surface area contributed by atoms with Gasteiger partial charge in [-0.2, -0.15) is 0 Å². The molecule has 0 fully saturated rings. The van der Waals surface area contributed by atoms with Gasteiger partial charge in [0.2, 0.25) is 0 Å². The molecule has 25 heavy (non-hydrogen) atoms. The number of benzene rings is 1. The fraction of sp³-hybridized carbons (Fsp3) is 0.389. The molecule has 2 rings (SSSR count). The van der Waals surface area contributed by atoms with Gasteiger partial charge in [0.1, 0.15) is 5.01 Å². The quantitative estimate of drug-likeness (QED) is 0.640. The molecule has 7 heteroatoms. The molecule has 1 unspecified atom stereocenters. The van der Waals surface area contributed by atoms with Gasteiger partial charge in [-0.3, -0.25) is 4.79 Å². The fourth-order valence-electron chi connectivity index (χ4n) is 2.41. The second-order valence-electron chi connectivity index (χ2n) is 5.72. The second kappa shape index (κ2) is 9.78. The van der Waals surface area contributed by atoms with Gasteiger partial charge < -0.3 is 15.7 Å². The van der Waals surface area contributed by atoms with Gasteiger partial charge >= 0.3 is 12.0 Å². The summed E-state index contributed by atoms with van der Waals surface area (Å²) < 4.78 is 0. The normalized spacial score (nSPS) is 11.7. The van der Waals surface area contributed by atoms with Crippen LogP contribution < -0.4 is 10.6 Å². The topological polar surface area (TPSA) is 91.3 Å². The summed E-state index contributed by atoms with van der Waals surface area (Å²) in [7, 11) is 0. The molecular formula is C18H23N3O3S. The van der Waals surface area contributed by atoms with Gasteiger partial charge in [0, 0.05) is 23.5 Å². The van der Waals surface area contributed by atoms with Crippen molar-refractivity contribution < 1.29 is 14.7 Å². The van der Waals surface area contributed by atoms with Gasteiger partial charge in [-0.1, -0.05) is 37.3 Å². The van der Waals surface area contributed by atoms with Crippen LogP contribution in [0.3, 0.4) is 0 Å². The van der Waals surface area contributed by atoms with E-state index in [1.807, 2.05) is 36.5 Å². The zero-order valence-electron chi connectivity index (χ0n) is 14.2. The highest BCUT2D eigenvalue weighted by molar-refractivity contribution is 7.11. The van der Waals surface area contributed by atoms with Gasteiger partial charge in [0.25, 0.3) is 0 Å². The predicted molar refractivity (Wildman–Crippen MR) is 97.7 cm³/mol. The van der Waals surface area contributed by atoms with E-state index in [4.69, 9.17) is 5.11 Å². The van der Waals surface area contributed by atoms with Crippen LogP contribution in [-0.2, 0) is 24.2 Å². The van der Waals surface area contributed by atoms with E-state index < -0.39 is 5.97 Å². The third kappa shape index (κ3) is 6.93. The summed E-state index contributed by atoms with van der Waals surface area (Å²) in [5.41, 5.74) is 1.06. The number of amides is 2. The minimum Gasteiger partial charge on any atom is -0.481 e. The zero-order chi connectivity index (χ0) is 18.1. The highest BCUT2D eigenvalue weighted by Gasteiger charge is 2.15. The third-order valence-electron chi connectivity index (χ3n) is 3.72. The van der Waals surface area contributed by atoms with Crippen molar-refractivity contribution in [1.82, 2.24) is 15.6 Å². The van der Waals surface area contributed by atoms with Gasteiger partial charge in [-0.05, 0) is 24.8 Å². The minimum atomic E-state index is -0.866. The molecule has 1 aromatic heterocycles. The fourth-order valence-corrected chi connectivity index (χ4v) is 3.21. The molecule has 0 saturated carbocycles. The number of aromatic nitrogens is 1. The van der Waals surface area contributed by atoms with Crippen molar-refractivity contribution in [2.45, 2.75) is 45.2 Å². The number of nitrogens with one attached hydrogen (secondary N) is 2. The smallest absolute Gasteiger partial charge is 0.315 e. The van der Waals surface area contributed by atoms with Crippen LogP contribution in [0, 0.1) is 0 Å². The van der Waals surface area contributed by atoms with E-state index in [1.54, 1.807) is 11.3 Å². The Hall–Kier alpha value is -2.41. The first-order valence-electron chi connectivity index (χ1n) is 8.30. The Labute approximate surface area is 151 Å². The SMILES string of the molecule is CCc1cnc(CNC(=O)NC(CCC(=O)O)Cc2ccccc2)s1. The molecule has 1 aromatic carbocycles. The number of carbonyl (C=O) groups excluding carboxylic acids is 1. The van der Waals surface area contributed by atoms with E-state index in [-0.39, 0.29) is 18.5 Å². The number of thiazole rings is 1. The van der Waals surface area contributed by atoms with Crippen LogP contribution >= 0.6 is 11.3 Å². The van der Waals surface area contributed by atoms with Crippen LogP contribution in [0.2, 0.25) is 0 Å². The Balaban J connectivity index is 1.87. The second-order valence-corrected chi connectivity index (χ2v) is 6.92. The van der Waals surface area contributed by atoms with Crippen molar-refractivity contribution in [2.75, 3.05) is 0 Å². The minimum absolute atomic E-state index is 0.0180. The van der Waals surface area contributed by atoms with E-state index in [0.717, 1.165) is 17.0 Å². The highest BCUT2D eigenvalue weighted by Crippen LogP contribution is 2.13. The maximum absolute atomic E-state index is 12.1. The van der Waals surface area contributed by atoms with Gasteiger partial charge in [0.15, 0.2) is 0 Å². The van der Waals surface area contributed by atoms with Gasteiger partial charge in [-0.15, -0.1) is 11.3 Å². The standard InChI is InChI=1S/C18H23N3O3S/c1-2-15-11-19-16(25-15)12-20-18(24)21-14(8-9-17(22)23)10-13-6-4-3-5-7-13/h3-7,11,14H,2,8-10,12H2,1H3,(H,22,23)(H2,20,21,24). The molecule has 0 saturated heterocycles. The Morgan fingerprint density at radius 1 is 1.28 bits per heavy atom. The van der Waals surface area contributed by atoms with E-state index in [9.17, 15) is 9.59 Å². The molecular weight excluding hydrogens is 338 g/mol. The first-order valence-corrected chi connectivity index (χ1v) is 9.12. The number of hydrogen-bond donors (Lipinski definition) is 3. The summed E-state index contributed by atoms with van der Waals surface area (Å²) in [5, 5.41) is 15.4. The van der Waals surface area contributed by atoms with Crippen molar-refractivity contribution in [3.8, 4) is 0 Å². The lowest BCUT2D eigenvalue weighted by atomic mass is 10.0. The Morgan fingerprint density at radius 3 is 2.68 bits per heavy atom. The van der Waals surface area contributed by atoms with Crippen LogP contribution in [-0.4, -0.2) is 28.1 Å². The molecule has 1 heterocycles. The maximum atomic E-state index is 12.1. The summed E-state index contributed by atoms with van der Waals surface area (Å²) in [5.74, 6) is -0.866. The molecule has 2 aromatic rings. The summed E-state index contributed by atoms with van der Waals surface area (Å²) in [6.07, 6.45) is 3.75. The molecule has 0 spiro atoms. The molecule has 0 aliphatic rings. The first kappa shape index (κ1) is 18.9. The molecule has 0 aliphatic carbocycles. The number of carboxylic acids is 1. The summed E-state index contributed by atoms with van der Waals surface area (Å²) in [6, 6.07) is 9.17. The Kier molecular flexibility index (Phi) is 7.40. The maximum Gasteiger partial charge on any atom is 0.315 e. The van der Waals surface area contributed by atoms with Crippen LogP contribution in [0.15, 0.2) is 36.5 Å². The number of aryl methyl sites for hydroxylation is 1. The van der Waals surface area contributed by atoms with E-state index in [0.29, 0.717) is 19.4 Å². The molecule has 0 aliphatic heterocycles. The van der Waals surface area contributed by atoms with Crippen molar-refractivity contribution in [3.05, 3.63) is 52.0 Å². The van der Waals surface area contributed by atoms with E-state index >= 15 is 0 Å². The third-order valence-corrected chi connectivity index (χ3v) is 4.86. The monoisotopic (exact) mass is 361 g/mol. The van der Waals surface area contributed by atoms with E-state index in [1.165, 1.54) is 4.88 Å². The molecule has 1 atom stereocenters.